The van der Waals surface area contributed by atoms with Crippen LogP contribution in [0.25, 0.3) is 10.9 Å². The van der Waals surface area contributed by atoms with Crippen molar-refractivity contribution < 1.29 is 9.18 Å². The molecule has 6 nitrogen and oxygen atoms in total. The molecule has 25 heavy (non-hydrogen) atoms. The van der Waals surface area contributed by atoms with Crippen molar-refractivity contribution in [2.75, 3.05) is 0 Å². The van der Waals surface area contributed by atoms with Crippen LogP contribution < -0.4 is 5.32 Å². The average Bonchev–Trinajstić information content (AvgIpc) is 3.25. The van der Waals surface area contributed by atoms with E-state index in [9.17, 15) is 9.18 Å². The standard InChI is InChI=1S/C18H20FN5O/c1-11-15-8-12(19)2-7-16(15)23-17(11)18(25)22-13-3-5-14(6-4-13)24-10-20-9-21-24/h2,7-10,13-14,23H,3-6H2,1H3,(H,22,25). The number of hydrogen-bond acceptors (Lipinski definition) is 3. The van der Waals surface area contributed by atoms with Crippen molar-refractivity contribution in [1.82, 2.24) is 25.1 Å². The van der Waals surface area contributed by atoms with E-state index in [1.165, 1.54) is 12.1 Å². The Morgan fingerprint density at radius 3 is 2.84 bits per heavy atom. The Balaban J connectivity index is 1.43. The van der Waals surface area contributed by atoms with Gasteiger partial charge in [0.2, 0.25) is 0 Å². The van der Waals surface area contributed by atoms with Gasteiger partial charge in [0.1, 0.15) is 24.2 Å². The summed E-state index contributed by atoms with van der Waals surface area (Å²) in [6, 6.07) is 5.02. The van der Waals surface area contributed by atoms with E-state index in [1.807, 2.05) is 11.6 Å². The lowest BCUT2D eigenvalue weighted by Crippen LogP contribution is -2.38. The smallest absolute Gasteiger partial charge is 0.268 e. The average molecular weight is 341 g/mol. The number of aromatic nitrogens is 4. The van der Waals surface area contributed by atoms with E-state index in [4.69, 9.17) is 0 Å². The molecule has 2 heterocycles. The van der Waals surface area contributed by atoms with Crippen LogP contribution in [0.3, 0.4) is 0 Å². The van der Waals surface area contributed by atoms with Crippen molar-refractivity contribution in [3.8, 4) is 0 Å². The maximum atomic E-state index is 13.4. The Morgan fingerprint density at radius 1 is 1.32 bits per heavy atom. The summed E-state index contributed by atoms with van der Waals surface area (Å²) in [4.78, 5) is 19.7. The van der Waals surface area contributed by atoms with Crippen LogP contribution in [0.15, 0.2) is 30.9 Å². The number of amides is 1. The first-order valence-corrected chi connectivity index (χ1v) is 8.54. The number of nitrogens with one attached hydrogen (secondary N) is 2. The summed E-state index contributed by atoms with van der Waals surface area (Å²) in [7, 11) is 0. The van der Waals surface area contributed by atoms with E-state index in [2.05, 4.69) is 20.4 Å². The SMILES string of the molecule is Cc1c(C(=O)NC2CCC(n3cncn3)CC2)[nH]c2ccc(F)cc12. The van der Waals surface area contributed by atoms with Crippen molar-refractivity contribution in [2.24, 2.45) is 0 Å². The zero-order valence-electron chi connectivity index (χ0n) is 14.0. The van der Waals surface area contributed by atoms with Crippen LogP contribution >= 0.6 is 0 Å². The van der Waals surface area contributed by atoms with Gasteiger partial charge < -0.3 is 10.3 Å². The summed E-state index contributed by atoms with van der Waals surface area (Å²) in [5, 5.41) is 8.06. The number of H-pyrrole nitrogens is 1. The zero-order chi connectivity index (χ0) is 17.4. The number of benzene rings is 1. The fourth-order valence-corrected chi connectivity index (χ4v) is 3.67. The maximum absolute atomic E-state index is 13.4. The molecule has 1 fully saturated rings. The molecule has 1 aromatic carbocycles. The van der Waals surface area contributed by atoms with Gasteiger partial charge in [0, 0.05) is 16.9 Å². The quantitative estimate of drug-likeness (QED) is 0.768. The van der Waals surface area contributed by atoms with E-state index in [-0.39, 0.29) is 17.8 Å². The Labute approximate surface area is 144 Å². The van der Waals surface area contributed by atoms with Crippen LogP contribution in [0, 0.1) is 12.7 Å². The predicted molar refractivity (Wildman–Crippen MR) is 91.8 cm³/mol. The van der Waals surface area contributed by atoms with Crippen LogP contribution in [-0.4, -0.2) is 31.7 Å². The van der Waals surface area contributed by atoms with Crippen LogP contribution in [0.2, 0.25) is 0 Å². The van der Waals surface area contributed by atoms with Gasteiger partial charge in [-0.1, -0.05) is 0 Å². The molecular weight excluding hydrogens is 321 g/mol. The number of aromatic amines is 1. The Kier molecular flexibility index (Phi) is 3.99. The molecule has 0 radical (unpaired) electrons. The largest absolute Gasteiger partial charge is 0.350 e. The van der Waals surface area contributed by atoms with Gasteiger partial charge in [-0.15, -0.1) is 0 Å². The van der Waals surface area contributed by atoms with Crippen molar-refractivity contribution >= 4 is 16.8 Å². The molecule has 0 aliphatic heterocycles. The van der Waals surface area contributed by atoms with Crippen LogP contribution in [0.5, 0.6) is 0 Å². The summed E-state index contributed by atoms with van der Waals surface area (Å²) in [6.45, 7) is 1.84. The van der Waals surface area contributed by atoms with Crippen LogP contribution in [-0.2, 0) is 0 Å². The highest BCUT2D eigenvalue weighted by Crippen LogP contribution is 2.28. The normalized spacial score (nSPS) is 20.7. The zero-order valence-corrected chi connectivity index (χ0v) is 14.0. The third-order valence-corrected chi connectivity index (χ3v) is 5.09. The molecule has 0 atom stereocenters. The summed E-state index contributed by atoms with van der Waals surface area (Å²) < 4.78 is 15.3. The molecule has 2 aromatic heterocycles. The lowest BCUT2D eigenvalue weighted by Gasteiger charge is -2.28. The Bertz CT molecular complexity index is 894. The summed E-state index contributed by atoms with van der Waals surface area (Å²) in [5.41, 5.74) is 2.07. The van der Waals surface area contributed by atoms with E-state index in [0.717, 1.165) is 42.1 Å². The molecule has 1 aliphatic carbocycles. The minimum atomic E-state index is -0.298. The second-order valence-electron chi connectivity index (χ2n) is 6.67. The predicted octanol–water partition coefficient (Wildman–Crippen LogP) is 3.12. The van der Waals surface area contributed by atoms with Gasteiger partial charge >= 0.3 is 0 Å². The van der Waals surface area contributed by atoms with E-state index in [0.29, 0.717) is 11.7 Å². The highest BCUT2D eigenvalue weighted by Gasteiger charge is 2.25. The fourth-order valence-electron chi connectivity index (χ4n) is 3.67. The van der Waals surface area contributed by atoms with E-state index in [1.54, 1.807) is 18.7 Å². The number of carbonyl (C=O) groups is 1. The minimum absolute atomic E-state index is 0.127. The summed E-state index contributed by atoms with van der Waals surface area (Å²) in [6.07, 6.45) is 7.04. The molecule has 1 amide bonds. The molecular formula is C18H20FN5O. The lowest BCUT2D eigenvalue weighted by molar-refractivity contribution is 0.0917. The number of rotatable bonds is 3. The topological polar surface area (TPSA) is 75.6 Å². The molecule has 2 N–H and O–H groups in total. The van der Waals surface area contributed by atoms with Gasteiger partial charge in [-0.05, 0) is 56.4 Å². The monoisotopic (exact) mass is 341 g/mol. The molecule has 130 valence electrons. The van der Waals surface area contributed by atoms with Crippen molar-refractivity contribution in [2.45, 2.75) is 44.7 Å². The van der Waals surface area contributed by atoms with Gasteiger partial charge in [-0.25, -0.2) is 14.1 Å². The third-order valence-electron chi connectivity index (χ3n) is 5.09. The van der Waals surface area contributed by atoms with E-state index >= 15 is 0 Å². The first-order valence-electron chi connectivity index (χ1n) is 8.54. The number of nitrogens with zero attached hydrogens (tertiary/aromatic N) is 3. The third kappa shape index (κ3) is 3.01. The van der Waals surface area contributed by atoms with Gasteiger partial charge in [0.15, 0.2) is 0 Å². The first-order chi connectivity index (χ1) is 12.1. The van der Waals surface area contributed by atoms with Crippen molar-refractivity contribution in [1.29, 1.82) is 0 Å². The first kappa shape index (κ1) is 15.8. The van der Waals surface area contributed by atoms with Gasteiger partial charge in [0.25, 0.3) is 5.91 Å². The molecule has 7 heteroatoms. The van der Waals surface area contributed by atoms with Crippen molar-refractivity contribution in [3.05, 3.63) is 47.9 Å². The second-order valence-corrected chi connectivity index (χ2v) is 6.67. The highest BCUT2D eigenvalue weighted by molar-refractivity contribution is 6.01. The number of carbonyl (C=O) groups excluding carboxylic acids is 1. The van der Waals surface area contributed by atoms with Crippen LogP contribution in [0.1, 0.15) is 47.8 Å². The molecule has 1 saturated carbocycles. The summed E-state index contributed by atoms with van der Waals surface area (Å²) in [5.74, 6) is -0.425. The fraction of sp³-hybridized carbons (Fsp3) is 0.389. The molecule has 3 aromatic rings. The molecule has 0 spiro atoms. The second kappa shape index (κ2) is 6.31. The summed E-state index contributed by atoms with van der Waals surface area (Å²) >= 11 is 0. The number of fused-ring (bicyclic) bond motifs is 1. The minimum Gasteiger partial charge on any atom is -0.350 e. The molecule has 4 rings (SSSR count). The Hall–Kier alpha value is -2.70. The number of halogens is 1. The molecule has 0 saturated heterocycles. The number of hydrogen-bond donors (Lipinski definition) is 2. The van der Waals surface area contributed by atoms with Crippen molar-refractivity contribution in [3.63, 3.8) is 0 Å². The highest BCUT2D eigenvalue weighted by atomic mass is 19.1. The van der Waals surface area contributed by atoms with Gasteiger partial charge in [-0.2, -0.15) is 5.10 Å². The van der Waals surface area contributed by atoms with E-state index < -0.39 is 0 Å². The van der Waals surface area contributed by atoms with Gasteiger partial charge in [-0.3, -0.25) is 4.79 Å². The number of aryl methyl sites for hydroxylation is 1. The Morgan fingerprint density at radius 2 is 2.12 bits per heavy atom. The molecule has 0 unspecified atom stereocenters. The lowest BCUT2D eigenvalue weighted by atomic mass is 9.91. The van der Waals surface area contributed by atoms with Gasteiger partial charge in [0.05, 0.1) is 6.04 Å². The molecule has 1 aliphatic rings. The van der Waals surface area contributed by atoms with Crippen LogP contribution in [0.4, 0.5) is 4.39 Å². The maximum Gasteiger partial charge on any atom is 0.268 e. The molecule has 0 bridgehead atoms.